The molecular weight excluding hydrogens is 719 g/mol. The number of unbranched alkanes of at least 4 members (excludes halogenated alkanes) is 32. The molecule has 0 radical (unpaired) electrons. The van der Waals surface area contributed by atoms with E-state index < -0.39 is 49.5 Å². The average molecular weight is 814 g/mol. The molecule has 0 spiro atoms. The van der Waals surface area contributed by atoms with Gasteiger partial charge in [-0.3, -0.25) is 4.79 Å². The van der Waals surface area contributed by atoms with Gasteiger partial charge in [-0.05, 0) is 12.8 Å². The Morgan fingerprint density at radius 1 is 0.526 bits per heavy atom. The number of ether oxygens (including phenoxy) is 2. The van der Waals surface area contributed by atoms with E-state index in [2.05, 4.69) is 19.2 Å². The topological polar surface area (TPSA) is 149 Å². The van der Waals surface area contributed by atoms with E-state index in [1.54, 1.807) is 0 Å². The highest BCUT2D eigenvalue weighted by atomic mass is 16.7. The molecule has 1 rings (SSSR count). The fourth-order valence-electron chi connectivity index (χ4n) is 8.22. The molecule has 9 nitrogen and oxygen atoms in total. The van der Waals surface area contributed by atoms with E-state index in [4.69, 9.17) is 9.47 Å². The van der Waals surface area contributed by atoms with Crippen LogP contribution in [0.15, 0.2) is 0 Å². The predicted molar refractivity (Wildman–Crippen MR) is 235 cm³/mol. The lowest BCUT2D eigenvalue weighted by atomic mass is 9.99. The number of hydrogen-bond donors (Lipinski definition) is 6. The molecule has 1 aliphatic heterocycles. The van der Waals surface area contributed by atoms with Gasteiger partial charge < -0.3 is 40.3 Å². The second-order valence-electron chi connectivity index (χ2n) is 17.6. The molecule has 1 aliphatic rings. The molecule has 0 aromatic rings. The van der Waals surface area contributed by atoms with Crippen molar-refractivity contribution in [2.75, 3.05) is 13.2 Å². The first-order valence-corrected chi connectivity index (χ1v) is 24.7. The van der Waals surface area contributed by atoms with Crippen LogP contribution < -0.4 is 5.32 Å². The summed E-state index contributed by atoms with van der Waals surface area (Å²) in [6, 6.07) is -0.710. The summed E-state index contributed by atoms with van der Waals surface area (Å²) in [4.78, 5) is 13.0. The number of carbonyl (C=O) groups is 1. The molecule has 1 amide bonds. The molecule has 57 heavy (non-hydrogen) atoms. The van der Waals surface area contributed by atoms with Gasteiger partial charge in [-0.2, -0.15) is 0 Å². The van der Waals surface area contributed by atoms with Gasteiger partial charge in [0.2, 0.25) is 5.91 Å². The van der Waals surface area contributed by atoms with Gasteiger partial charge in [0.05, 0.1) is 25.4 Å². The van der Waals surface area contributed by atoms with Crippen molar-refractivity contribution in [1.82, 2.24) is 5.32 Å². The lowest BCUT2D eigenvalue weighted by Gasteiger charge is -2.40. The normalized spacial score (nSPS) is 20.9. The molecular formula is C48H95NO8. The van der Waals surface area contributed by atoms with Crippen LogP contribution in [0.3, 0.4) is 0 Å². The number of carbonyl (C=O) groups excluding carboxylic acids is 1. The highest BCUT2D eigenvalue weighted by molar-refractivity contribution is 5.76. The van der Waals surface area contributed by atoms with Crippen molar-refractivity contribution < 1.29 is 39.8 Å². The maximum atomic E-state index is 13.0. The molecule has 1 fully saturated rings. The molecule has 9 heteroatoms. The second kappa shape index (κ2) is 39.3. The molecule has 0 aliphatic carbocycles. The molecule has 0 saturated carbocycles. The fraction of sp³-hybridized carbons (Fsp3) is 0.979. The summed E-state index contributed by atoms with van der Waals surface area (Å²) in [7, 11) is 0. The number of hydrogen-bond acceptors (Lipinski definition) is 8. The Balaban J connectivity index is 2.15. The number of aliphatic hydroxyl groups is 5. The molecule has 340 valence electrons. The Bertz CT molecular complexity index is 862. The summed E-state index contributed by atoms with van der Waals surface area (Å²) in [5.41, 5.74) is 0. The monoisotopic (exact) mass is 814 g/mol. The van der Waals surface area contributed by atoms with Gasteiger partial charge in [0, 0.05) is 6.42 Å². The predicted octanol–water partition coefficient (Wildman–Crippen LogP) is 10.7. The minimum absolute atomic E-state index is 0.132. The molecule has 7 atom stereocenters. The van der Waals surface area contributed by atoms with E-state index in [0.717, 1.165) is 38.5 Å². The Kier molecular flexibility index (Phi) is 37.4. The smallest absolute Gasteiger partial charge is 0.220 e. The van der Waals surface area contributed by atoms with Gasteiger partial charge >= 0.3 is 0 Å². The van der Waals surface area contributed by atoms with E-state index >= 15 is 0 Å². The summed E-state index contributed by atoms with van der Waals surface area (Å²) in [6.45, 7) is 3.83. The molecule has 2 unspecified atom stereocenters. The van der Waals surface area contributed by atoms with Gasteiger partial charge in [0.15, 0.2) is 6.29 Å². The summed E-state index contributed by atoms with van der Waals surface area (Å²) in [5, 5.41) is 54.2. The zero-order chi connectivity index (χ0) is 41.6. The maximum absolute atomic E-state index is 13.0. The first kappa shape index (κ1) is 54.2. The summed E-state index contributed by atoms with van der Waals surface area (Å²) in [6.07, 6.45) is 37.1. The van der Waals surface area contributed by atoms with Crippen molar-refractivity contribution in [3.05, 3.63) is 0 Å². The van der Waals surface area contributed by atoms with E-state index in [-0.39, 0.29) is 12.5 Å². The van der Waals surface area contributed by atoms with E-state index in [1.807, 2.05) is 0 Å². The Morgan fingerprint density at radius 3 is 1.25 bits per heavy atom. The number of nitrogens with one attached hydrogen (secondary N) is 1. The third kappa shape index (κ3) is 30.0. The number of rotatable bonds is 42. The van der Waals surface area contributed by atoms with Crippen LogP contribution in [-0.2, 0) is 14.3 Å². The van der Waals surface area contributed by atoms with Crippen LogP contribution in [0.5, 0.6) is 0 Å². The first-order valence-electron chi connectivity index (χ1n) is 24.7. The van der Waals surface area contributed by atoms with Crippen LogP contribution in [0.1, 0.15) is 245 Å². The van der Waals surface area contributed by atoms with Crippen LogP contribution in [-0.4, -0.2) is 87.5 Å². The van der Waals surface area contributed by atoms with Crippen molar-refractivity contribution in [2.45, 2.75) is 288 Å². The first-order chi connectivity index (χ1) is 27.8. The van der Waals surface area contributed by atoms with Gasteiger partial charge in [-0.1, -0.05) is 226 Å². The van der Waals surface area contributed by atoms with Gasteiger partial charge in [0.1, 0.15) is 24.4 Å². The highest BCUT2D eigenvalue weighted by Gasteiger charge is 2.44. The molecule has 1 saturated heterocycles. The third-order valence-corrected chi connectivity index (χ3v) is 12.2. The summed E-state index contributed by atoms with van der Waals surface area (Å²) < 4.78 is 11.2. The average Bonchev–Trinajstić information content (AvgIpc) is 3.21. The minimum atomic E-state index is -1.55. The lowest BCUT2D eigenvalue weighted by Crippen LogP contribution is -2.60. The largest absolute Gasteiger partial charge is 0.394 e. The van der Waals surface area contributed by atoms with Gasteiger partial charge in [0.25, 0.3) is 0 Å². The SMILES string of the molecule is CCCCCCCCCCCCCCCCCCCCCCCCCCCC(=O)N[C@@H](CO[C@@H]1O[C@H](CO)[C@@H](O)C(O)C1O)[C@H](O)CCCCCCCCCCC. The Morgan fingerprint density at radius 2 is 0.877 bits per heavy atom. The minimum Gasteiger partial charge on any atom is -0.394 e. The van der Waals surface area contributed by atoms with Gasteiger partial charge in [-0.15, -0.1) is 0 Å². The van der Waals surface area contributed by atoms with Crippen LogP contribution in [0, 0.1) is 0 Å². The highest BCUT2D eigenvalue weighted by Crippen LogP contribution is 2.23. The van der Waals surface area contributed by atoms with Gasteiger partial charge in [-0.25, -0.2) is 0 Å². The van der Waals surface area contributed by atoms with E-state index in [1.165, 1.54) is 180 Å². The van der Waals surface area contributed by atoms with Crippen LogP contribution >= 0.6 is 0 Å². The number of aliphatic hydroxyl groups excluding tert-OH is 5. The Labute approximate surface area is 351 Å². The molecule has 6 N–H and O–H groups in total. The van der Waals surface area contributed by atoms with Crippen molar-refractivity contribution in [3.8, 4) is 0 Å². The molecule has 0 aromatic heterocycles. The maximum Gasteiger partial charge on any atom is 0.220 e. The molecule has 0 bridgehead atoms. The van der Waals surface area contributed by atoms with Crippen LogP contribution in [0.2, 0.25) is 0 Å². The zero-order valence-electron chi connectivity index (χ0n) is 37.4. The standard InChI is InChI=1S/C48H95NO8/c1-3-5-7-9-11-13-14-15-16-17-18-19-20-21-22-23-24-25-26-27-28-30-32-34-36-38-44(52)49-41(42(51)37-35-33-31-29-12-10-8-6-4-2)40-56-48-47(55)46(54)45(53)43(39-50)57-48/h41-43,45-48,50-51,53-55H,3-40H2,1-2H3,(H,49,52)/t41-,42+,43+,45+,46?,47?,48+/m0/s1. The van der Waals surface area contributed by atoms with Crippen molar-refractivity contribution in [1.29, 1.82) is 0 Å². The summed E-state index contributed by atoms with van der Waals surface area (Å²) >= 11 is 0. The quantitative estimate of drug-likeness (QED) is 0.0334. The zero-order valence-corrected chi connectivity index (χ0v) is 37.4. The third-order valence-electron chi connectivity index (χ3n) is 12.2. The van der Waals surface area contributed by atoms with Crippen LogP contribution in [0.25, 0.3) is 0 Å². The van der Waals surface area contributed by atoms with Crippen molar-refractivity contribution in [2.24, 2.45) is 0 Å². The molecule has 0 aromatic carbocycles. The molecule has 1 heterocycles. The van der Waals surface area contributed by atoms with Crippen molar-refractivity contribution in [3.63, 3.8) is 0 Å². The van der Waals surface area contributed by atoms with Crippen LogP contribution in [0.4, 0.5) is 0 Å². The van der Waals surface area contributed by atoms with E-state index in [9.17, 15) is 30.3 Å². The van der Waals surface area contributed by atoms with E-state index in [0.29, 0.717) is 12.8 Å². The Hall–Kier alpha value is -0.810. The number of amides is 1. The lowest BCUT2D eigenvalue weighted by molar-refractivity contribution is -0.302. The fourth-order valence-corrected chi connectivity index (χ4v) is 8.22. The summed E-state index contributed by atoms with van der Waals surface area (Å²) in [5.74, 6) is -0.141. The van der Waals surface area contributed by atoms with Crippen molar-refractivity contribution >= 4 is 5.91 Å². The second-order valence-corrected chi connectivity index (χ2v) is 17.6.